The Balaban J connectivity index is 1.74. The Morgan fingerprint density at radius 3 is 2.40 bits per heavy atom. The molecule has 0 spiro atoms. The van der Waals surface area contributed by atoms with E-state index in [0.717, 1.165) is 0 Å². The SMILES string of the molecule is CC(C#N)=C(C(C#N)=CC=C1Oc2ccc(Cl)cc2N1CCC(c1ccccc1)S(=O)(=O)O)c1cccc(Cl)c1. The topological polar surface area (TPSA) is 114 Å². The van der Waals surface area contributed by atoms with Crippen molar-refractivity contribution in [2.45, 2.75) is 18.6 Å². The fourth-order valence-corrected chi connectivity index (χ4v) is 5.70. The minimum absolute atomic E-state index is 0.0333. The Labute approximate surface area is 243 Å². The van der Waals surface area contributed by atoms with Crippen molar-refractivity contribution in [2.24, 2.45) is 0 Å². The summed E-state index contributed by atoms with van der Waals surface area (Å²) in [6.07, 6.45) is 3.14. The van der Waals surface area contributed by atoms with Crippen LogP contribution in [0.1, 0.15) is 29.7 Å². The Bertz CT molecular complexity index is 1720. The third kappa shape index (κ3) is 6.56. The van der Waals surface area contributed by atoms with Crippen molar-refractivity contribution < 1.29 is 17.7 Å². The van der Waals surface area contributed by atoms with E-state index in [1.54, 1.807) is 90.7 Å². The van der Waals surface area contributed by atoms with E-state index >= 15 is 0 Å². The fourth-order valence-electron chi connectivity index (χ4n) is 4.44. The van der Waals surface area contributed by atoms with Gasteiger partial charge in [-0.2, -0.15) is 18.9 Å². The Hall–Kier alpha value is -4.05. The number of nitriles is 2. The van der Waals surface area contributed by atoms with E-state index in [0.29, 0.717) is 49.6 Å². The zero-order valence-corrected chi connectivity index (χ0v) is 23.6. The molecule has 0 aromatic heterocycles. The molecule has 10 heteroatoms. The summed E-state index contributed by atoms with van der Waals surface area (Å²) >= 11 is 12.4. The van der Waals surface area contributed by atoms with E-state index in [1.807, 2.05) is 0 Å². The van der Waals surface area contributed by atoms with Gasteiger partial charge in [0, 0.05) is 33.8 Å². The van der Waals surface area contributed by atoms with Gasteiger partial charge in [-0.05, 0) is 60.9 Å². The second-order valence-corrected chi connectivity index (χ2v) is 11.4. The van der Waals surface area contributed by atoms with Gasteiger partial charge in [0.05, 0.1) is 23.4 Å². The van der Waals surface area contributed by atoms with E-state index in [-0.39, 0.29) is 18.5 Å². The van der Waals surface area contributed by atoms with Crippen LogP contribution in [0.5, 0.6) is 5.75 Å². The van der Waals surface area contributed by atoms with E-state index in [1.165, 1.54) is 6.08 Å². The number of fused-ring (bicyclic) bond motifs is 1. The minimum Gasteiger partial charge on any atom is -0.439 e. The van der Waals surface area contributed by atoms with Gasteiger partial charge in [-0.25, -0.2) is 0 Å². The lowest BCUT2D eigenvalue weighted by Gasteiger charge is -2.21. The van der Waals surface area contributed by atoms with Gasteiger partial charge in [0.15, 0.2) is 5.75 Å². The molecule has 3 aromatic carbocycles. The van der Waals surface area contributed by atoms with Gasteiger partial charge in [0.1, 0.15) is 5.25 Å². The van der Waals surface area contributed by atoms with Crippen molar-refractivity contribution in [1.29, 1.82) is 10.5 Å². The van der Waals surface area contributed by atoms with Crippen molar-refractivity contribution in [2.75, 3.05) is 11.4 Å². The number of ether oxygens (including phenoxy) is 1. The Morgan fingerprint density at radius 1 is 1.02 bits per heavy atom. The first-order chi connectivity index (χ1) is 19.1. The maximum absolute atomic E-state index is 12.3. The summed E-state index contributed by atoms with van der Waals surface area (Å²) in [6.45, 7) is 1.76. The van der Waals surface area contributed by atoms with Crippen LogP contribution in [-0.2, 0) is 10.1 Å². The number of nitrogens with zero attached hydrogens (tertiary/aromatic N) is 3. The van der Waals surface area contributed by atoms with Crippen LogP contribution in [0, 0.1) is 22.7 Å². The summed E-state index contributed by atoms with van der Waals surface area (Å²) < 4.78 is 40.6. The Kier molecular flexibility index (Phi) is 8.99. The summed E-state index contributed by atoms with van der Waals surface area (Å²) in [5.74, 6) is 0.803. The van der Waals surface area contributed by atoms with Crippen molar-refractivity contribution in [3.05, 3.63) is 123 Å². The number of allylic oxidation sites excluding steroid dienone is 5. The van der Waals surface area contributed by atoms with Crippen LogP contribution in [0.2, 0.25) is 10.0 Å². The molecule has 7 nitrogen and oxygen atoms in total. The highest BCUT2D eigenvalue weighted by Gasteiger charge is 2.31. The van der Waals surface area contributed by atoms with Gasteiger partial charge in [-0.1, -0.05) is 65.7 Å². The average Bonchev–Trinajstić information content (AvgIpc) is 3.27. The van der Waals surface area contributed by atoms with Crippen LogP contribution in [0.25, 0.3) is 5.57 Å². The number of halogens is 2. The van der Waals surface area contributed by atoms with Gasteiger partial charge in [-0.3, -0.25) is 4.55 Å². The summed E-state index contributed by atoms with van der Waals surface area (Å²) in [6, 6.07) is 24.6. The van der Waals surface area contributed by atoms with E-state index in [9.17, 15) is 23.5 Å². The number of hydrogen-bond acceptors (Lipinski definition) is 6. The molecule has 1 unspecified atom stereocenters. The quantitative estimate of drug-likeness (QED) is 0.164. The van der Waals surface area contributed by atoms with Crippen LogP contribution in [0.15, 0.2) is 102 Å². The van der Waals surface area contributed by atoms with E-state index < -0.39 is 15.4 Å². The van der Waals surface area contributed by atoms with Gasteiger partial charge >= 0.3 is 0 Å². The highest BCUT2D eigenvalue weighted by atomic mass is 35.5. The van der Waals surface area contributed by atoms with Crippen LogP contribution in [-0.4, -0.2) is 19.5 Å². The van der Waals surface area contributed by atoms with Gasteiger partial charge in [0.2, 0.25) is 5.88 Å². The molecule has 0 aliphatic carbocycles. The Morgan fingerprint density at radius 2 is 1.75 bits per heavy atom. The first-order valence-electron chi connectivity index (χ1n) is 12.1. The zero-order chi connectivity index (χ0) is 28.9. The lowest BCUT2D eigenvalue weighted by atomic mass is 9.94. The molecule has 1 heterocycles. The number of benzene rings is 3. The molecule has 1 aliphatic heterocycles. The highest BCUT2D eigenvalue weighted by Crippen LogP contribution is 2.42. The largest absolute Gasteiger partial charge is 0.439 e. The maximum atomic E-state index is 12.3. The molecule has 0 fully saturated rings. The van der Waals surface area contributed by atoms with Gasteiger partial charge < -0.3 is 9.64 Å². The fraction of sp³-hybridized carbons (Fsp3) is 0.133. The van der Waals surface area contributed by atoms with Crippen molar-refractivity contribution in [3.8, 4) is 17.9 Å². The third-order valence-corrected chi connectivity index (χ3v) is 7.97. The first kappa shape index (κ1) is 28.9. The van der Waals surface area contributed by atoms with Crippen molar-refractivity contribution in [3.63, 3.8) is 0 Å². The smallest absolute Gasteiger partial charge is 0.272 e. The van der Waals surface area contributed by atoms with Crippen LogP contribution >= 0.6 is 23.2 Å². The molecule has 40 heavy (non-hydrogen) atoms. The molecule has 0 amide bonds. The molecule has 0 saturated heterocycles. The molecule has 1 N–H and O–H groups in total. The predicted molar refractivity (Wildman–Crippen MR) is 156 cm³/mol. The highest BCUT2D eigenvalue weighted by molar-refractivity contribution is 7.86. The maximum Gasteiger partial charge on any atom is 0.272 e. The summed E-state index contributed by atoms with van der Waals surface area (Å²) in [5.41, 5.74) is 2.61. The lowest BCUT2D eigenvalue weighted by Crippen LogP contribution is -2.25. The molecule has 202 valence electrons. The molecule has 1 atom stereocenters. The van der Waals surface area contributed by atoms with Crippen LogP contribution in [0.4, 0.5) is 5.69 Å². The molecular formula is C30H23Cl2N3O4S. The molecule has 0 radical (unpaired) electrons. The molecule has 1 aliphatic rings. The van der Waals surface area contributed by atoms with Gasteiger partial charge in [-0.15, -0.1) is 0 Å². The standard InChI is InChI=1S/C30H23Cl2N3O4S/c1-20(18-33)30(22-8-5-9-24(31)16-22)23(19-34)10-13-29-35(26-17-25(32)11-12-27(26)39-29)15-14-28(40(36,37)38)21-6-3-2-4-7-21/h2-13,16-17,28H,14-15H2,1H3,(H,36,37,38). The molecule has 0 saturated carbocycles. The van der Waals surface area contributed by atoms with E-state index in [2.05, 4.69) is 12.1 Å². The number of rotatable bonds is 8. The normalized spacial score (nSPS) is 15.5. The molecule has 0 bridgehead atoms. The van der Waals surface area contributed by atoms with Crippen LogP contribution in [0.3, 0.4) is 0 Å². The third-order valence-electron chi connectivity index (χ3n) is 6.28. The monoisotopic (exact) mass is 591 g/mol. The second-order valence-electron chi connectivity index (χ2n) is 8.89. The first-order valence-corrected chi connectivity index (χ1v) is 14.3. The van der Waals surface area contributed by atoms with E-state index in [4.69, 9.17) is 27.9 Å². The molecular weight excluding hydrogens is 569 g/mol. The van der Waals surface area contributed by atoms with Crippen molar-refractivity contribution >= 4 is 44.6 Å². The predicted octanol–water partition coefficient (Wildman–Crippen LogP) is 7.50. The molecule has 4 rings (SSSR count). The lowest BCUT2D eigenvalue weighted by molar-refractivity contribution is 0.433. The summed E-state index contributed by atoms with van der Waals surface area (Å²) in [7, 11) is -4.42. The summed E-state index contributed by atoms with van der Waals surface area (Å²) in [4.78, 5) is 1.73. The van der Waals surface area contributed by atoms with Crippen LogP contribution < -0.4 is 9.64 Å². The minimum atomic E-state index is -4.42. The molecule has 3 aromatic rings. The second kappa shape index (κ2) is 12.4. The van der Waals surface area contributed by atoms with Gasteiger partial charge in [0.25, 0.3) is 10.1 Å². The summed E-state index contributed by atoms with van der Waals surface area (Å²) in [5, 5.41) is 19.4. The van der Waals surface area contributed by atoms with Crippen molar-refractivity contribution in [1.82, 2.24) is 0 Å². The number of anilines is 1. The average molecular weight is 593 g/mol. The zero-order valence-electron chi connectivity index (χ0n) is 21.3. The number of hydrogen-bond donors (Lipinski definition) is 1.